The van der Waals surface area contributed by atoms with Gasteiger partial charge in [-0.2, -0.15) is 0 Å². The normalized spacial score (nSPS) is 20.2. The fourth-order valence-corrected chi connectivity index (χ4v) is 3.73. The molecule has 0 spiro atoms. The highest BCUT2D eigenvalue weighted by Gasteiger charge is 2.15. The van der Waals surface area contributed by atoms with Gasteiger partial charge < -0.3 is 15.0 Å². The van der Waals surface area contributed by atoms with Crippen molar-refractivity contribution in [1.29, 1.82) is 0 Å². The van der Waals surface area contributed by atoms with Gasteiger partial charge in [-0.05, 0) is 43.0 Å². The van der Waals surface area contributed by atoms with Crippen LogP contribution in [0.1, 0.15) is 55.3 Å². The number of amides is 1. The Morgan fingerprint density at radius 2 is 1.62 bits per heavy atom. The first kappa shape index (κ1) is 17.3. The van der Waals surface area contributed by atoms with Crippen LogP contribution in [0.25, 0.3) is 0 Å². The number of ether oxygens (including phenoxy) is 1. The highest BCUT2D eigenvalue weighted by Crippen LogP contribution is 2.22. The Labute approximate surface area is 145 Å². The molecule has 0 radical (unpaired) electrons. The predicted molar refractivity (Wildman–Crippen MR) is 97.6 cm³/mol. The number of hydrogen-bond acceptors (Lipinski definition) is 3. The molecule has 3 rings (SSSR count). The molecule has 1 N–H and O–H groups in total. The lowest BCUT2D eigenvalue weighted by molar-refractivity contribution is 0.0944. The van der Waals surface area contributed by atoms with Crippen LogP contribution in [0, 0.1) is 5.92 Å². The molecule has 2 aliphatic rings. The molecule has 0 aromatic heterocycles. The number of nitrogens with zero attached hydrogens (tertiary/aromatic N) is 1. The molecule has 1 amide bonds. The summed E-state index contributed by atoms with van der Waals surface area (Å²) in [5, 5.41) is 3.14. The van der Waals surface area contributed by atoms with Crippen molar-refractivity contribution in [1.82, 2.24) is 5.32 Å². The number of carbonyl (C=O) groups is 1. The summed E-state index contributed by atoms with van der Waals surface area (Å²) in [7, 11) is 0. The Balaban J connectivity index is 1.49. The van der Waals surface area contributed by atoms with Crippen molar-refractivity contribution >= 4 is 11.6 Å². The minimum atomic E-state index is 0.0607. The summed E-state index contributed by atoms with van der Waals surface area (Å²) in [6.07, 6.45) is 9.24. The monoisotopic (exact) mass is 330 g/mol. The van der Waals surface area contributed by atoms with Crippen LogP contribution >= 0.6 is 0 Å². The Kier molecular flexibility index (Phi) is 6.53. The van der Waals surface area contributed by atoms with Gasteiger partial charge in [0.25, 0.3) is 5.91 Å². The largest absolute Gasteiger partial charge is 0.378 e. The SMILES string of the molecule is O=C(NCC1CCCCCCC1)c1ccc(N2CCOCC2)cc1. The first-order valence-electron chi connectivity index (χ1n) is 9.54. The molecule has 0 bridgehead atoms. The zero-order valence-corrected chi connectivity index (χ0v) is 14.6. The quantitative estimate of drug-likeness (QED) is 0.917. The van der Waals surface area contributed by atoms with E-state index in [0.29, 0.717) is 5.92 Å². The van der Waals surface area contributed by atoms with E-state index in [4.69, 9.17) is 4.74 Å². The third-order valence-electron chi connectivity index (χ3n) is 5.28. The van der Waals surface area contributed by atoms with E-state index in [-0.39, 0.29) is 5.91 Å². The van der Waals surface area contributed by atoms with E-state index in [1.54, 1.807) is 0 Å². The second-order valence-corrected chi connectivity index (χ2v) is 7.07. The van der Waals surface area contributed by atoms with Gasteiger partial charge in [-0.25, -0.2) is 0 Å². The van der Waals surface area contributed by atoms with Crippen molar-refractivity contribution in [2.24, 2.45) is 5.92 Å². The Hall–Kier alpha value is -1.55. The van der Waals surface area contributed by atoms with Crippen LogP contribution < -0.4 is 10.2 Å². The van der Waals surface area contributed by atoms with Crippen LogP contribution in [0.15, 0.2) is 24.3 Å². The van der Waals surface area contributed by atoms with Crippen molar-refractivity contribution in [2.45, 2.75) is 44.9 Å². The average Bonchev–Trinajstić information content (AvgIpc) is 2.61. The first-order chi connectivity index (χ1) is 11.8. The van der Waals surface area contributed by atoms with Crippen molar-refractivity contribution < 1.29 is 9.53 Å². The molecule has 0 unspecified atom stereocenters. The Bertz CT molecular complexity index is 501. The first-order valence-corrected chi connectivity index (χ1v) is 9.54. The Morgan fingerprint density at radius 3 is 2.29 bits per heavy atom. The smallest absolute Gasteiger partial charge is 0.251 e. The van der Waals surface area contributed by atoms with Gasteiger partial charge in [-0.15, -0.1) is 0 Å². The standard InChI is InChI=1S/C20H30N2O2/c23-20(21-16-17-6-4-2-1-3-5-7-17)18-8-10-19(11-9-18)22-12-14-24-15-13-22/h8-11,17H,1-7,12-16H2,(H,21,23). The third kappa shape index (κ3) is 4.97. The van der Waals surface area contributed by atoms with Crippen LogP contribution in [0.5, 0.6) is 0 Å². The molecule has 1 aliphatic carbocycles. The van der Waals surface area contributed by atoms with Crippen LogP contribution in [-0.4, -0.2) is 38.8 Å². The van der Waals surface area contributed by atoms with E-state index >= 15 is 0 Å². The number of rotatable bonds is 4. The number of carbonyl (C=O) groups excluding carboxylic acids is 1. The summed E-state index contributed by atoms with van der Waals surface area (Å²) in [5.74, 6) is 0.715. The number of benzene rings is 1. The van der Waals surface area contributed by atoms with Gasteiger partial charge in [-0.3, -0.25) is 4.79 Å². The minimum absolute atomic E-state index is 0.0607. The van der Waals surface area contributed by atoms with E-state index in [1.807, 2.05) is 12.1 Å². The molecule has 24 heavy (non-hydrogen) atoms. The van der Waals surface area contributed by atoms with E-state index in [9.17, 15) is 4.79 Å². The van der Waals surface area contributed by atoms with Crippen molar-refractivity contribution in [2.75, 3.05) is 37.7 Å². The van der Waals surface area contributed by atoms with E-state index < -0.39 is 0 Å². The van der Waals surface area contributed by atoms with Crippen molar-refractivity contribution in [3.05, 3.63) is 29.8 Å². The summed E-state index contributed by atoms with van der Waals surface area (Å²) in [4.78, 5) is 14.7. The number of morpholine rings is 1. The maximum absolute atomic E-state index is 12.4. The molecule has 4 heteroatoms. The number of hydrogen-bond donors (Lipinski definition) is 1. The van der Waals surface area contributed by atoms with Gasteiger partial charge in [0, 0.05) is 30.9 Å². The van der Waals surface area contributed by atoms with E-state index in [1.165, 1.54) is 50.6 Å². The average molecular weight is 330 g/mol. The molecule has 132 valence electrons. The van der Waals surface area contributed by atoms with Crippen molar-refractivity contribution in [3.63, 3.8) is 0 Å². The van der Waals surface area contributed by atoms with Crippen LogP contribution in [0.2, 0.25) is 0 Å². The maximum Gasteiger partial charge on any atom is 0.251 e. The summed E-state index contributed by atoms with van der Waals surface area (Å²) in [5.41, 5.74) is 1.94. The second-order valence-electron chi connectivity index (χ2n) is 7.07. The number of nitrogens with one attached hydrogen (secondary N) is 1. The van der Waals surface area contributed by atoms with Gasteiger partial charge in [0.05, 0.1) is 13.2 Å². The lowest BCUT2D eigenvalue weighted by Crippen LogP contribution is -2.36. The highest BCUT2D eigenvalue weighted by molar-refractivity contribution is 5.94. The van der Waals surface area contributed by atoms with E-state index in [2.05, 4.69) is 22.3 Å². The molecular weight excluding hydrogens is 300 g/mol. The molecule has 1 saturated carbocycles. The van der Waals surface area contributed by atoms with Gasteiger partial charge in [-0.1, -0.05) is 32.1 Å². The molecular formula is C20H30N2O2. The summed E-state index contributed by atoms with van der Waals surface area (Å²) in [6, 6.07) is 7.99. The van der Waals surface area contributed by atoms with Crippen LogP contribution in [-0.2, 0) is 4.74 Å². The third-order valence-corrected chi connectivity index (χ3v) is 5.28. The van der Waals surface area contributed by atoms with Crippen LogP contribution in [0.3, 0.4) is 0 Å². The summed E-state index contributed by atoms with van der Waals surface area (Å²) < 4.78 is 5.38. The molecule has 1 aliphatic heterocycles. The lowest BCUT2D eigenvalue weighted by Gasteiger charge is -2.28. The molecule has 1 aromatic rings. The number of anilines is 1. The summed E-state index contributed by atoms with van der Waals surface area (Å²) >= 11 is 0. The highest BCUT2D eigenvalue weighted by atomic mass is 16.5. The van der Waals surface area contributed by atoms with Gasteiger partial charge in [0.2, 0.25) is 0 Å². The van der Waals surface area contributed by atoms with Gasteiger partial charge in [0.15, 0.2) is 0 Å². The fourth-order valence-electron chi connectivity index (χ4n) is 3.73. The second kappa shape index (κ2) is 9.07. The van der Waals surface area contributed by atoms with Crippen molar-refractivity contribution in [3.8, 4) is 0 Å². The summed E-state index contributed by atoms with van der Waals surface area (Å²) in [6.45, 7) is 4.23. The minimum Gasteiger partial charge on any atom is -0.378 e. The van der Waals surface area contributed by atoms with E-state index in [0.717, 1.165) is 38.4 Å². The lowest BCUT2D eigenvalue weighted by atomic mass is 9.91. The topological polar surface area (TPSA) is 41.6 Å². The molecule has 1 heterocycles. The molecule has 1 aromatic carbocycles. The molecule has 2 fully saturated rings. The maximum atomic E-state index is 12.4. The Morgan fingerprint density at radius 1 is 1.00 bits per heavy atom. The predicted octanol–water partition coefficient (Wildman–Crippen LogP) is 3.61. The van der Waals surface area contributed by atoms with Crippen LogP contribution in [0.4, 0.5) is 5.69 Å². The molecule has 1 saturated heterocycles. The zero-order chi connectivity index (χ0) is 16.6. The van der Waals surface area contributed by atoms with Gasteiger partial charge >= 0.3 is 0 Å². The molecule has 0 atom stereocenters. The van der Waals surface area contributed by atoms with Gasteiger partial charge in [0.1, 0.15) is 0 Å². The fraction of sp³-hybridized carbons (Fsp3) is 0.650. The molecule has 4 nitrogen and oxygen atoms in total. The zero-order valence-electron chi connectivity index (χ0n) is 14.6.